The lowest BCUT2D eigenvalue weighted by atomic mass is 9.79. The number of methoxy groups -OCH3 is 1. The van der Waals surface area contributed by atoms with Gasteiger partial charge in [-0.05, 0) is 49.9 Å². The molecule has 0 amide bonds. The van der Waals surface area contributed by atoms with Crippen LogP contribution in [0.2, 0.25) is 0 Å². The Morgan fingerprint density at radius 3 is 2.74 bits per heavy atom. The highest BCUT2D eigenvalue weighted by molar-refractivity contribution is 5.59. The standard InChI is InChI=1S/C14H16N2O3/c1-9-8-10(17)4-5-11(9)12-15-13(16-19-12)14(18-2)6-3-7-14/h4-5,8,17H,3,6-7H2,1-2H3. The number of hydrogen-bond donors (Lipinski definition) is 1. The molecule has 1 N–H and O–H groups in total. The van der Waals surface area contributed by atoms with Crippen LogP contribution in [0.25, 0.3) is 11.5 Å². The Morgan fingerprint density at radius 1 is 1.37 bits per heavy atom. The first-order valence-electron chi connectivity index (χ1n) is 6.34. The van der Waals surface area contributed by atoms with E-state index in [1.54, 1.807) is 25.3 Å². The predicted octanol–water partition coefficient (Wildman–Crippen LogP) is 2.78. The highest BCUT2D eigenvalue weighted by Crippen LogP contribution is 2.43. The van der Waals surface area contributed by atoms with Crippen LogP contribution < -0.4 is 0 Å². The largest absolute Gasteiger partial charge is 0.508 e. The smallest absolute Gasteiger partial charge is 0.258 e. The zero-order chi connectivity index (χ0) is 13.5. The Labute approximate surface area is 111 Å². The summed E-state index contributed by atoms with van der Waals surface area (Å²) in [5, 5.41) is 13.5. The predicted molar refractivity (Wildman–Crippen MR) is 68.7 cm³/mol. The van der Waals surface area contributed by atoms with Crippen molar-refractivity contribution in [2.45, 2.75) is 31.8 Å². The second kappa shape index (κ2) is 4.35. The van der Waals surface area contributed by atoms with E-state index in [1.165, 1.54) is 0 Å². The van der Waals surface area contributed by atoms with Gasteiger partial charge >= 0.3 is 0 Å². The van der Waals surface area contributed by atoms with Gasteiger partial charge in [0.05, 0.1) is 0 Å². The van der Waals surface area contributed by atoms with Gasteiger partial charge in [0.1, 0.15) is 11.4 Å². The molecule has 3 rings (SSSR count). The van der Waals surface area contributed by atoms with Crippen molar-refractivity contribution in [3.63, 3.8) is 0 Å². The molecule has 1 aromatic carbocycles. The number of rotatable bonds is 3. The molecule has 0 bridgehead atoms. The number of aromatic nitrogens is 2. The number of aromatic hydroxyl groups is 1. The summed E-state index contributed by atoms with van der Waals surface area (Å²) >= 11 is 0. The minimum atomic E-state index is -0.368. The molecule has 0 saturated heterocycles. The Morgan fingerprint density at radius 2 is 2.16 bits per heavy atom. The zero-order valence-corrected chi connectivity index (χ0v) is 11.0. The van der Waals surface area contributed by atoms with E-state index in [0.29, 0.717) is 11.7 Å². The first-order chi connectivity index (χ1) is 9.14. The van der Waals surface area contributed by atoms with Crippen LogP contribution in [0.4, 0.5) is 0 Å². The summed E-state index contributed by atoms with van der Waals surface area (Å²) in [7, 11) is 1.68. The molecule has 19 heavy (non-hydrogen) atoms. The number of phenolic OH excluding ortho intramolecular Hbond substituents is 1. The number of nitrogens with zero attached hydrogens (tertiary/aromatic N) is 2. The van der Waals surface area contributed by atoms with E-state index in [1.807, 2.05) is 6.92 Å². The summed E-state index contributed by atoms with van der Waals surface area (Å²) in [6.07, 6.45) is 2.98. The molecule has 1 saturated carbocycles. The van der Waals surface area contributed by atoms with Crippen LogP contribution in [-0.4, -0.2) is 22.4 Å². The molecular weight excluding hydrogens is 244 g/mol. The zero-order valence-electron chi connectivity index (χ0n) is 11.0. The maximum absolute atomic E-state index is 9.42. The van der Waals surface area contributed by atoms with Gasteiger partial charge in [-0.1, -0.05) is 5.16 Å². The maximum Gasteiger partial charge on any atom is 0.258 e. The van der Waals surface area contributed by atoms with Crippen molar-refractivity contribution >= 4 is 0 Å². The topological polar surface area (TPSA) is 68.4 Å². The minimum absolute atomic E-state index is 0.230. The third-order valence-electron chi connectivity index (χ3n) is 3.83. The van der Waals surface area contributed by atoms with Gasteiger partial charge in [-0.25, -0.2) is 0 Å². The summed E-state index contributed by atoms with van der Waals surface area (Å²) in [5.41, 5.74) is 1.37. The molecule has 0 spiro atoms. The first-order valence-corrected chi connectivity index (χ1v) is 6.34. The lowest BCUT2D eigenvalue weighted by Crippen LogP contribution is -2.37. The molecule has 1 aliphatic rings. The van der Waals surface area contributed by atoms with Crippen molar-refractivity contribution in [2.24, 2.45) is 0 Å². The van der Waals surface area contributed by atoms with Crippen LogP contribution in [0, 0.1) is 6.92 Å². The Balaban J connectivity index is 1.97. The van der Waals surface area contributed by atoms with Crippen LogP contribution in [-0.2, 0) is 10.3 Å². The average Bonchev–Trinajstić information content (AvgIpc) is 2.78. The van der Waals surface area contributed by atoms with Crippen LogP contribution in [0.3, 0.4) is 0 Å². The van der Waals surface area contributed by atoms with Gasteiger partial charge < -0.3 is 14.4 Å². The first kappa shape index (κ1) is 12.2. The molecule has 5 heteroatoms. The molecule has 2 aromatic rings. The fourth-order valence-corrected chi connectivity index (χ4v) is 2.42. The highest BCUT2D eigenvalue weighted by Gasteiger charge is 2.43. The molecule has 5 nitrogen and oxygen atoms in total. The number of hydrogen-bond acceptors (Lipinski definition) is 5. The number of phenols is 1. The summed E-state index contributed by atoms with van der Waals surface area (Å²) < 4.78 is 10.9. The molecule has 0 atom stereocenters. The Hall–Kier alpha value is -1.88. The van der Waals surface area contributed by atoms with Crippen molar-refractivity contribution in [2.75, 3.05) is 7.11 Å². The summed E-state index contributed by atoms with van der Waals surface area (Å²) in [5.74, 6) is 1.31. The van der Waals surface area contributed by atoms with Crippen molar-refractivity contribution in [3.05, 3.63) is 29.6 Å². The van der Waals surface area contributed by atoms with Gasteiger partial charge in [-0.2, -0.15) is 4.98 Å². The fraction of sp³-hybridized carbons (Fsp3) is 0.429. The van der Waals surface area contributed by atoms with E-state index in [2.05, 4.69) is 10.1 Å². The van der Waals surface area contributed by atoms with E-state index >= 15 is 0 Å². The molecule has 1 fully saturated rings. The maximum atomic E-state index is 9.42. The summed E-state index contributed by atoms with van der Waals surface area (Å²) in [4.78, 5) is 4.45. The van der Waals surface area contributed by atoms with Crippen LogP contribution in [0.5, 0.6) is 5.75 Å². The van der Waals surface area contributed by atoms with Crippen molar-refractivity contribution in [1.82, 2.24) is 10.1 Å². The molecule has 100 valence electrons. The number of aryl methyl sites for hydroxylation is 1. The molecule has 1 heterocycles. The second-order valence-corrected chi connectivity index (χ2v) is 4.97. The SMILES string of the molecule is COC1(c2noc(-c3ccc(O)cc3C)n2)CCC1. The van der Waals surface area contributed by atoms with Gasteiger partial charge in [-0.3, -0.25) is 0 Å². The van der Waals surface area contributed by atoms with Gasteiger partial charge in [0.2, 0.25) is 5.82 Å². The molecule has 0 radical (unpaired) electrons. The van der Waals surface area contributed by atoms with Crippen molar-refractivity contribution in [3.8, 4) is 17.2 Å². The Bertz CT molecular complexity index is 597. The van der Waals surface area contributed by atoms with E-state index in [0.717, 1.165) is 30.4 Å². The van der Waals surface area contributed by atoms with Gasteiger partial charge in [0.15, 0.2) is 0 Å². The fourth-order valence-electron chi connectivity index (χ4n) is 2.42. The molecule has 0 unspecified atom stereocenters. The van der Waals surface area contributed by atoms with E-state index in [4.69, 9.17) is 9.26 Å². The van der Waals surface area contributed by atoms with E-state index < -0.39 is 0 Å². The molecule has 1 aliphatic carbocycles. The van der Waals surface area contributed by atoms with Crippen LogP contribution in [0.1, 0.15) is 30.7 Å². The quantitative estimate of drug-likeness (QED) is 0.919. The number of ether oxygens (including phenoxy) is 1. The lowest BCUT2D eigenvalue weighted by molar-refractivity contribution is -0.0858. The van der Waals surface area contributed by atoms with Gasteiger partial charge in [0.25, 0.3) is 5.89 Å². The van der Waals surface area contributed by atoms with Crippen molar-refractivity contribution < 1.29 is 14.4 Å². The summed E-state index contributed by atoms with van der Waals surface area (Å²) in [6, 6.07) is 5.07. The highest BCUT2D eigenvalue weighted by atomic mass is 16.5. The third-order valence-corrected chi connectivity index (χ3v) is 3.83. The second-order valence-electron chi connectivity index (χ2n) is 4.97. The van der Waals surface area contributed by atoms with Crippen LogP contribution in [0.15, 0.2) is 22.7 Å². The van der Waals surface area contributed by atoms with E-state index in [-0.39, 0.29) is 11.4 Å². The molecule has 0 aliphatic heterocycles. The monoisotopic (exact) mass is 260 g/mol. The minimum Gasteiger partial charge on any atom is -0.508 e. The van der Waals surface area contributed by atoms with Crippen LogP contribution >= 0.6 is 0 Å². The Kier molecular flexibility index (Phi) is 2.78. The lowest BCUT2D eigenvalue weighted by Gasteiger charge is -2.37. The average molecular weight is 260 g/mol. The third kappa shape index (κ3) is 1.90. The number of benzene rings is 1. The normalized spacial score (nSPS) is 17.2. The molecule has 1 aromatic heterocycles. The summed E-state index contributed by atoms with van der Waals surface area (Å²) in [6.45, 7) is 1.90. The van der Waals surface area contributed by atoms with Crippen molar-refractivity contribution in [1.29, 1.82) is 0 Å². The van der Waals surface area contributed by atoms with Gasteiger partial charge in [0, 0.05) is 12.7 Å². The van der Waals surface area contributed by atoms with E-state index in [9.17, 15) is 5.11 Å². The molecular formula is C14H16N2O3. The van der Waals surface area contributed by atoms with Gasteiger partial charge in [-0.15, -0.1) is 0 Å².